The van der Waals surface area contributed by atoms with Crippen molar-refractivity contribution in [1.29, 1.82) is 0 Å². The molecule has 3 aromatic rings. The van der Waals surface area contributed by atoms with Gasteiger partial charge in [-0.2, -0.15) is 13.2 Å². The molecule has 30 heavy (non-hydrogen) atoms. The second-order valence-corrected chi connectivity index (χ2v) is 8.37. The average Bonchev–Trinajstić information content (AvgIpc) is 3.32. The van der Waals surface area contributed by atoms with E-state index < -0.39 is 23.1 Å². The van der Waals surface area contributed by atoms with Gasteiger partial charge in [0.1, 0.15) is 17.2 Å². The molecule has 3 heterocycles. The summed E-state index contributed by atoms with van der Waals surface area (Å²) in [5.41, 5.74) is -1.55. The van der Waals surface area contributed by atoms with Gasteiger partial charge < -0.3 is 4.90 Å². The summed E-state index contributed by atoms with van der Waals surface area (Å²) >= 11 is 1.16. The molecule has 4 rings (SSSR count). The molecule has 1 aliphatic rings. The number of rotatable bonds is 3. The van der Waals surface area contributed by atoms with Crippen LogP contribution >= 0.6 is 11.3 Å². The molecule has 2 aromatic heterocycles. The number of hydrogen-bond donors (Lipinski definition) is 0. The van der Waals surface area contributed by atoms with E-state index in [-0.39, 0.29) is 29.0 Å². The smallest absolute Gasteiger partial charge is 0.341 e. The Labute approximate surface area is 172 Å². The van der Waals surface area contributed by atoms with Crippen molar-refractivity contribution >= 4 is 27.5 Å². The van der Waals surface area contributed by atoms with E-state index in [4.69, 9.17) is 0 Å². The monoisotopic (exact) mass is 439 g/mol. The Morgan fingerprint density at radius 2 is 1.93 bits per heavy atom. The molecule has 158 valence electrons. The number of alkyl halides is 3. The summed E-state index contributed by atoms with van der Waals surface area (Å²) in [5.74, 6) is -1.58. The second-order valence-electron chi connectivity index (χ2n) is 7.17. The summed E-state index contributed by atoms with van der Waals surface area (Å²) in [6, 6.07) is 2.66. The zero-order chi connectivity index (χ0) is 21.6. The van der Waals surface area contributed by atoms with E-state index >= 15 is 0 Å². The summed E-state index contributed by atoms with van der Waals surface area (Å²) in [6.45, 7) is 2.76. The standard InChI is InChI=1S/C20H17F4N3O2S/c1-11-16(12-4-5-14(21)13(8-12)20(22,23)24)17-18(30-11)25-10-27(19(17)29)9-15(28)26-6-2-3-7-26/h4-5,8,10H,2-3,6-7,9H2,1H3. The van der Waals surface area contributed by atoms with Crippen molar-refractivity contribution in [2.45, 2.75) is 32.5 Å². The number of hydrogen-bond acceptors (Lipinski definition) is 4. The fraction of sp³-hybridized carbons (Fsp3) is 0.350. The van der Waals surface area contributed by atoms with Gasteiger partial charge in [0.15, 0.2) is 0 Å². The van der Waals surface area contributed by atoms with Gasteiger partial charge in [0.2, 0.25) is 5.91 Å². The molecule has 0 radical (unpaired) electrons. The van der Waals surface area contributed by atoms with Crippen LogP contribution in [0.1, 0.15) is 23.3 Å². The van der Waals surface area contributed by atoms with E-state index in [9.17, 15) is 27.2 Å². The molecule has 1 aromatic carbocycles. The highest BCUT2D eigenvalue weighted by atomic mass is 32.1. The highest BCUT2D eigenvalue weighted by Crippen LogP contribution is 2.39. The topological polar surface area (TPSA) is 55.2 Å². The SMILES string of the molecule is Cc1sc2ncn(CC(=O)N3CCCC3)c(=O)c2c1-c1ccc(F)c(C(F)(F)F)c1. The van der Waals surface area contributed by atoms with Gasteiger partial charge in [0, 0.05) is 23.5 Å². The molecule has 1 saturated heterocycles. The lowest BCUT2D eigenvalue weighted by Gasteiger charge is -2.15. The molecule has 0 bridgehead atoms. The minimum absolute atomic E-state index is 0.0787. The number of nitrogens with zero attached hydrogens (tertiary/aromatic N) is 3. The lowest BCUT2D eigenvalue weighted by atomic mass is 10.0. The van der Waals surface area contributed by atoms with Crippen molar-refractivity contribution in [2.75, 3.05) is 13.1 Å². The van der Waals surface area contributed by atoms with Gasteiger partial charge in [-0.05, 0) is 37.5 Å². The molecule has 0 spiro atoms. The Morgan fingerprint density at radius 3 is 2.60 bits per heavy atom. The highest BCUT2D eigenvalue weighted by Gasteiger charge is 2.34. The minimum atomic E-state index is -4.86. The molecule has 0 atom stereocenters. The summed E-state index contributed by atoms with van der Waals surface area (Å²) < 4.78 is 54.4. The van der Waals surface area contributed by atoms with Crippen molar-refractivity contribution < 1.29 is 22.4 Å². The Kier molecular flexibility index (Phi) is 5.13. The van der Waals surface area contributed by atoms with Gasteiger partial charge in [0.05, 0.1) is 17.3 Å². The second kappa shape index (κ2) is 7.50. The van der Waals surface area contributed by atoms with E-state index in [2.05, 4.69) is 4.98 Å². The van der Waals surface area contributed by atoms with E-state index in [0.717, 1.165) is 30.2 Å². The van der Waals surface area contributed by atoms with Crippen LogP contribution in [0.5, 0.6) is 0 Å². The Bertz CT molecular complexity index is 1190. The number of aryl methyl sites for hydroxylation is 1. The molecule has 5 nitrogen and oxygen atoms in total. The third kappa shape index (κ3) is 3.60. The first-order chi connectivity index (χ1) is 14.2. The van der Waals surface area contributed by atoms with Crippen LogP contribution in [0.4, 0.5) is 17.6 Å². The maximum Gasteiger partial charge on any atom is 0.419 e. The number of aromatic nitrogens is 2. The first kappa shape index (κ1) is 20.5. The number of thiophene rings is 1. The van der Waals surface area contributed by atoms with Crippen LogP contribution in [0.2, 0.25) is 0 Å². The zero-order valence-electron chi connectivity index (χ0n) is 15.9. The number of amides is 1. The first-order valence-electron chi connectivity index (χ1n) is 9.30. The van der Waals surface area contributed by atoms with Gasteiger partial charge in [-0.1, -0.05) is 6.07 Å². The number of halogens is 4. The van der Waals surface area contributed by atoms with Crippen LogP contribution in [0.15, 0.2) is 29.3 Å². The van der Waals surface area contributed by atoms with Crippen LogP contribution in [-0.4, -0.2) is 33.4 Å². The fourth-order valence-corrected chi connectivity index (χ4v) is 4.71. The molecule has 0 saturated carbocycles. The van der Waals surface area contributed by atoms with Crippen LogP contribution < -0.4 is 5.56 Å². The molecular formula is C20H17F4N3O2S. The lowest BCUT2D eigenvalue weighted by molar-refractivity contribution is -0.140. The number of fused-ring (bicyclic) bond motifs is 1. The van der Waals surface area contributed by atoms with Crippen LogP contribution in [0.25, 0.3) is 21.3 Å². The van der Waals surface area contributed by atoms with Crippen molar-refractivity contribution in [3.05, 3.63) is 51.1 Å². The van der Waals surface area contributed by atoms with Gasteiger partial charge in [0.25, 0.3) is 5.56 Å². The average molecular weight is 439 g/mol. The summed E-state index contributed by atoms with van der Waals surface area (Å²) in [4.78, 5) is 32.4. The summed E-state index contributed by atoms with van der Waals surface area (Å²) in [5, 5.41) is 0.133. The predicted octanol–water partition coefficient (Wildman–Crippen LogP) is 4.21. The Hall–Kier alpha value is -2.75. The van der Waals surface area contributed by atoms with E-state index in [1.54, 1.807) is 11.8 Å². The number of likely N-dealkylation sites (tertiary alicyclic amines) is 1. The first-order valence-corrected chi connectivity index (χ1v) is 10.1. The number of benzene rings is 1. The largest absolute Gasteiger partial charge is 0.419 e. The Balaban J connectivity index is 1.82. The van der Waals surface area contributed by atoms with Crippen LogP contribution in [-0.2, 0) is 17.5 Å². The van der Waals surface area contributed by atoms with E-state index in [1.807, 2.05) is 0 Å². The molecule has 0 aliphatic carbocycles. The maximum atomic E-state index is 13.7. The summed E-state index contributed by atoms with van der Waals surface area (Å²) in [7, 11) is 0. The molecule has 10 heteroatoms. The normalized spacial score (nSPS) is 14.6. The molecule has 0 N–H and O–H groups in total. The molecule has 1 aliphatic heterocycles. The van der Waals surface area contributed by atoms with Crippen molar-refractivity contribution in [2.24, 2.45) is 0 Å². The van der Waals surface area contributed by atoms with Gasteiger partial charge >= 0.3 is 6.18 Å². The zero-order valence-corrected chi connectivity index (χ0v) is 16.7. The van der Waals surface area contributed by atoms with Crippen molar-refractivity contribution in [3.63, 3.8) is 0 Å². The van der Waals surface area contributed by atoms with E-state index in [0.29, 0.717) is 28.9 Å². The third-order valence-corrected chi connectivity index (χ3v) is 6.19. The third-order valence-electron chi connectivity index (χ3n) is 5.18. The quantitative estimate of drug-likeness (QED) is 0.575. The maximum absolute atomic E-state index is 13.7. The van der Waals surface area contributed by atoms with Crippen LogP contribution in [0.3, 0.4) is 0 Å². The number of carbonyl (C=O) groups excluding carboxylic acids is 1. The van der Waals surface area contributed by atoms with Gasteiger partial charge in [-0.3, -0.25) is 14.2 Å². The molecule has 0 unspecified atom stereocenters. The lowest BCUT2D eigenvalue weighted by Crippen LogP contribution is -2.34. The predicted molar refractivity (Wildman–Crippen MR) is 105 cm³/mol. The molecular weight excluding hydrogens is 422 g/mol. The highest BCUT2D eigenvalue weighted by molar-refractivity contribution is 7.19. The molecule has 1 amide bonds. The minimum Gasteiger partial charge on any atom is -0.341 e. The van der Waals surface area contributed by atoms with Crippen LogP contribution in [0, 0.1) is 12.7 Å². The van der Waals surface area contributed by atoms with Crippen molar-refractivity contribution in [1.82, 2.24) is 14.5 Å². The van der Waals surface area contributed by atoms with Gasteiger partial charge in [-0.25, -0.2) is 9.37 Å². The van der Waals surface area contributed by atoms with E-state index in [1.165, 1.54) is 17.0 Å². The number of carbonyl (C=O) groups is 1. The summed E-state index contributed by atoms with van der Waals surface area (Å²) in [6.07, 6.45) is -1.75. The van der Waals surface area contributed by atoms with Crippen molar-refractivity contribution in [3.8, 4) is 11.1 Å². The Morgan fingerprint density at radius 1 is 1.23 bits per heavy atom. The van der Waals surface area contributed by atoms with Gasteiger partial charge in [-0.15, -0.1) is 11.3 Å². The molecule has 1 fully saturated rings. The fourth-order valence-electron chi connectivity index (χ4n) is 3.71.